The van der Waals surface area contributed by atoms with Crippen molar-refractivity contribution in [1.82, 2.24) is 5.32 Å². The molecular weight excluding hydrogens is 306 g/mol. The number of hydrogen-bond acceptors (Lipinski definition) is 3. The summed E-state index contributed by atoms with van der Waals surface area (Å²) in [6.07, 6.45) is 6.93. The average Bonchev–Trinajstić information content (AvgIpc) is 3.28. The molecule has 0 heterocycles. The third-order valence-corrected chi connectivity index (χ3v) is 4.66. The van der Waals surface area contributed by atoms with Gasteiger partial charge in [0.1, 0.15) is 5.16 Å². The van der Waals surface area contributed by atoms with E-state index in [1.54, 1.807) is 0 Å². The van der Waals surface area contributed by atoms with E-state index in [2.05, 4.69) is 39.6 Å². The molecule has 0 aromatic rings. The SMILES string of the molecule is C=C(CC)C(=C\NCCC)/C(N)=C/C(=C(\N)Cl)C1CC1C(C)C. The van der Waals surface area contributed by atoms with Crippen LogP contribution in [0.4, 0.5) is 0 Å². The topological polar surface area (TPSA) is 64.1 Å². The van der Waals surface area contributed by atoms with Crippen molar-refractivity contribution in [3.05, 3.63) is 46.4 Å². The Bertz CT molecular complexity index is 511. The van der Waals surface area contributed by atoms with Gasteiger partial charge in [0.05, 0.1) is 0 Å². The van der Waals surface area contributed by atoms with Crippen LogP contribution in [-0.4, -0.2) is 6.54 Å². The zero-order chi connectivity index (χ0) is 17.6. The fourth-order valence-corrected chi connectivity index (χ4v) is 3.00. The Labute approximate surface area is 146 Å². The zero-order valence-corrected chi connectivity index (χ0v) is 15.7. The molecule has 1 aliphatic rings. The Morgan fingerprint density at radius 1 is 1.35 bits per heavy atom. The number of hydrogen-bond donors (Lipinski definition) is 3. The van der Waals surface area contributed by atoms with Crippen LogP contribution < -0.4 is 16.8 Å². The molecule has 0 saturated heterocycles. The lowest BCUT2D eigenvalue weighted by Crippen LogP contribution is -2.12. The minimum absolute atomic E-state index is 0.351. The predicted molar refractivity (Wildman–Crippen MR) is 102 cm³/mol. The second-order valence-electron chi connectivity index (χ2n) is 6.62. The fraction of sp³-hybridized carbons (Fsp3) is 0.579. The smallest absolute Gasteiger partial charge is 0.103 e. The normalized spacial score (nSPS) is 22.9. The van der Waals surface area contributed by atoms with Crippen LogP contribution in [0, 0.1) is 17.8 Å². The maximum absolute atomic E-state index is 6.35. The molecule has 3 nitrogen and oxygen atoms in total. The molecule has 0 aromatic carbocycles. The quantitative estimate of drug-likeness (QED) is 0.332. The first kappa shape index (κ1) is 19.7. The molecule has 0 spiro atoms. The molecule has 5 N–H and O–H groups in total. The maximum Gasteiger partial charge on any atom is 0.103 e. The van der Waals surface area contributed by atoms with Gasteiger partial charge in [-0.05, 0) is 54.2 Å². The zero-order valence-electron chi connectivity index (χ0n) is 15.0. The molecule has 0 aliphatic heterocycles. The van der Waals surface area contributed by atoms with E-state index < -0.39 is 0 Å². The van der Waals surface area contributed by atoms with Gasteiger partial charge >= 0.3 is 0 Å². The van der Waals surface area contributed by atoms with E-state index in [-0.39, 0.29) is 0 Å². The highest BCUT2D eigenvalue weighted by Crippen LogP contribution is 2.50. The van der Waals surface area contributed by atoms with Crippen molar-refractivity contribution in [2.75, 3.05) is 6.54 Å². The van der Waals surface area contributed by atoms with Crippen LogP contribution in [0.15, 0.2) is 46.4 Å². The molecule has 1 rings (SSSR count). The Morgan fingerprint density at radius 3 is 2.43 bits per heavy atom. The van der Waals surface area contributed by atoms with E-state index in [4.69, 9.17) is 23.1 Å². The molecular formula is C19H32ClN3. The van der Waals surface area contributed by atoms with Crippen LogP contribution in [0.1, 0.15) is 47.0 Å². The Morgan fingerprint density at radius 2 is 2.00 bits per heavy atom. The van der Waals surface area contributed by atoms with Gasteiger partial charge in [0.2, 0.25) is 0 Å². The van der Waals surface area contributed by atoms with Gasteiger partial charge in [-0.25, -0.2) is 0 Å². The van der Waals surface area contributed by atoms with Crippen LogP contribution in [0.25, 0.3) is 0 Å². The van der Waals surface area contributed by atoms with Crippen molar-refractivity contribution in [2.24, 2.45) is 29.2 Å². The van der Waals surface area contributed by atoms with Crippen molar-refractivity contribution in [2.45, 2.75) is 47.0 Å². The molecule has 0 amide bonds. The first-order valence-corrected chi connectivity index (χ1v) is 8.95. The summed E-state index contributed by atoms with van der Waals surface area (Å²) >= 11 is 6.14. The van der Waals surface area contributed by atoms with Crippen molar-refractivity contribution in [3.8, 4) is 0 Å². The van der Waals surface area contributed by atoms with Gasteiger partial charge in [0, 0.05) is 24.0 Å². The summed E-state index contributed by atoms with van der Waals surface area (Å²) in [5, 5.41) is 3.63. The highest BCUT2D eigenvalue weighted by Gasteiger charge is 2.42. The van der Waals surface area contributed by atoms with E-state index in [0.717, 1.165) is 42.5 Å². The summed E-state index contributed by atoms with van der Waals surface area (Å²) in [7, 11) is 0. The van der Waals surface area contributed by atoms with E-state index in [1.807, 2.05) is 12.3 Å². The monoisotopic (exact) mass is 337 g/mol. The van der Waals surface area contributed by atoms with Crippen LogP contribution in [0.3, 0.4) is 0 Å². The van der Waals surface area contributed by atoms with Crippen molar-refractivity contribution in [1.29, 1.82) is 0 Å². The molecule has 0 radical (unpaired) electrons. The van der Waals surface area contributed by atoms with Crippen molar-refractivity contribution >= 4 is 11.6 Å². The van der Waals surface area contributed by atoms with Crippen molar-refractivity contribution in [3.63, 3.8) is 0 Å². The lowest BCUT2D eigenvalue weighted by atomic mass is 9.98. The van der Waals surface area contributed by atoms with E-state index in [0.29, 0.717) is 28.6 Å². The summed E-state index contributed by atoms with van der Waals surface area (Å²) in [6, 6.07) is 0. The Balaban J connectivity index is 3.02. The predicted octanol–water partition coefficient (Wildman–Crippen LogP) is 4.38. The van der Waals surface area contributed by atoms with Gasteiger partial charge in [-0.15, -0.1) is 0 Å². The molecule has 23 heavy (non-hydrogen) atoms. The van der Waals surface area contributed by atoms with E-state index >= 15 is 0 Å². The summed E-state index contributed by atoms with van der Waals surface area (Å²) in [4.78, 5) is 0. The molecule has 1 aliphatic carbocycles. The summed E-state index contributed by atoms with van der Waals surface area (Å²) in [5.41, 5.74) is 15.8. The maximum atomic E-state index is 6.35. The minimum Gasteiger partial charge on any atom is -0.398 e. The third kappa shape index (κ3) is 5.65. The highest BCUT2D eigenvalue weighted by atomic mass is 35.5. The lowest BCUT2D eigenvalue weighted by Gasteiger charge is -2.13. The van der Waals surface area contributed by atoms with Gasteiger partial charge in [-0.3, -0.25) is 0 Å². The largest absolute Gasteiger partial charge is 0.398 e. The number of allylic oxidation sites excluding steroid dienone is 3. The third-order valence-electron chi connectivity index (χ3n) is 4.44. The summed E-state index contributed by atoms with van der Waals surface area (Å²) in [6.45, 7) is 13.7. The number of halogens is 1. The Kier molecular flexibility index (Phi) is 7.77. The minimum atomic E-state index is 0.351. The van der Waals surface area contributed by atoms with Gasteiger partial charge < -0.3 is 16.8 Å². The molecule has 0 bridgehead atoms. The van der Waals surface area contributed by atoms with Crippen LogP contribution in [0.5, 0.6) is 0 Å². The van der Waals surface area contributed by atoms with Crippen molar-refractivity contribution < 1.29 is 0 Å². The van der Waals surface area contributed by atoms with Crippen LogP contribution in [0.2, 0.25) is 0 Å². The summed E-state index contributed by atoms with van der Waals surface area (Å²) < 4.78 is 0. The first-order chi connectivity index (χ1) is 10.8. The van der Waals surface area contributed by atoms with Gasteiger partial charge in [-0.2, -0.15) is 0 Å². The standard InChI is InChI=1S/C19H32ClN3/c1-6-8-23-11-17(13(5)7-2)18(21)10-16(19(20)22)15-9-14(15)12(3)4/h10-12,14-15,23H,5-9,21-22H2,1-4H3/b17-11+,18-10-,19-16+. The molecule has 2 unspecified atom stereocenters. The lowest BCUT2D eigenvalue weighted by molar-refractivity contribution is 0.538. The van der Waals surface area contributed by atoms with E-state index in [9.17, 15) is 0 Å². The van der Waals surface area contributed by atoms with Gasteiger partial charge in [0.15, 0.2) is 0 Å². The summed E-state index contributed by atoms with van der Waals surface area (Å²) in [5.74, 6) is 1.70. The second kappa shape index (κ2) is 9.07. The molecule has 1 fully saturated rings. The molecule has 1 saturated carbocycles. The first-order valence-electron chi connectivity index (χ1n) is 8.57. The molecule has 130 valence electrons. The highest BCUT2D eigenvalue weighted by molar-refractivity contribution is 6.29. The van der Waals surface area contributed by atoms with Crippen LogP contribution >= 0.6 is 11.6 Å². The second-order valence-corrected chi connectivity index (χ2v) is 7.03. The van der Waals surface area contributed by atoms with Gasteiger partial charge in [-0.1, -0.05) is 45.9 Å². The number of nitrogens with one attached hydrogen (secondary N) is 1. The Hall–Kier alpha value is -1.35. The number of rotatable bonds is 9. The average molecular weight is 338 g/mol. The number of nitrogens with two attached hydrogens (primary N) is 2. The fourth-order valence-electron chi connectivity index (χ4n) is 2.81. The molecule has 0 aromatic heterocycles. The molecule has 2 atom stereocenters. The van der Waals surface area contributed by atoms with E-state index in [1.165, 1.54) is 0 Å². The molecule has 4 heteroatoms. The van der Waals surface area contributed by atoms with Gasteiger partial charge in [0.25, 0.3) is 0 Å². The van der Waals surface area contributed by atoms with Crippen LogP contribution in [-0.2, 0) is 0 Å².